The first-order chi connectivity index (χ1) is 31.3. The lowest BCUT2D eigenvalue weighted by molar-refractivity contribution is 0.670. The van der Waals surface area contributed by atoms with Crippen LogP contribution in [0.2, 0.25) is 0 Å². The van der Waals surface area contributed by atoms with Gasteiger partial charge in [-0.3, -0.25) is 0 Å². The Morgan fingerprint density at radius 3 is 1.67 bits per heavy atom. The third-order valence-corrected chi connectivity index (χ3v) is 12.4. The molecule has 3 heteroatoms. The Morgan fingerprint density at radius 2 is 0.873 bits per heavy atom. The third kappa shape index (κ3) is 6.29. The molecule has 296 valence electrons. The number of rotatable bonds is 8. The molecule has 0 aliphatic rings. The SMILES string of the molecule is c1ccc(-c2ccccc2N(c2ccc(-c3cccc(-c4cccc5c4oc4ccccc45)c3)cc2)c2cccc(-c3ccccc3-n3c4ccccc4c4ccccc43)c2)cc1. The van der Waals surface area contributed by atoms with Gasteiger partial charge in [-0.15, -0.1) is 0 Å². The smallest absolute Gasteiger partial charge is 0.143 e. The summed E-state index contributed by atoms with van der Waals surface area (Å²) in [5.41, 5.74) is 17.7. The van der Waals surface area contributed by atoms with Gasteiger partial charge in [0.05, 0.1) is 22.4 Å². The number of nitrogens with zero attached hydrogens (tertiary/aromatic N) is 2. The van der Waals surface area contributed by atoms with Crippen LogP contribution in [0.25, 0.3) is 93.9 Å². The van der Waals surface area contributed by atoms with Crippen LogP contribution in [0.3, 0.4) is 0 Å². The van der Waals surface area contributed by atoms with Crippen molar-refractivity contribution in [3.05, 3.63) is 243 Å². The first kappa shape index (κ1) is 36.5. The molecular formula is C60H40N2O. The molecule has 10 aromatic carbocycles. The predicted molar refractivity (Wildman–Crippen MR) is 264 cm³/mol. The lowest BCUT2D eigenvalue weighted by Crippen LogP contribution is -2.11. The number of para-hydroxylation sites is 6. The predicted octanol–water partition coefficient (Wildman–Crippen LogP) is 16.8. The summed E-state index contributed by atoms with van der Waals surface area (Å²) in [7, 11) is 0. The zero-order chi connectivity index (χ0) is 41.7. The first-order valence-electron chi connectivity index (χ1n) is 21.5. The summed E-state index contributed by atoms with van der Waals surface area (Å²) in [5.74, 6) is 0. The highest BCUT2D eigenvalue weighted by Gasteiger charge is 2.20. The summed E-state index contributed by atoms with van der Waals surface area (Å²) in [4.78, 5) is 2.40. The van der Waals surface area contributed by atoms with Crippen molar-refractivity contribution < 1.29 is 4.42 Å². The van der Waals surface area contributed by atoms with Crippen LogP contribution in [0.1, 0.15) is 0 Å². The van der Waals surface area contributed by atoms with Gasteiger partial charge in [-0.05, 0) is 88.5 Å². The number of aromatic nitrogens is 1. The van der Waals surface area contributed by atoms with Crippen LogP contribution in [-0.2, 0) is 0 Å². The monoisotopic (exact) mass is 804 g/mol. The normalized spacial score (nSPS) is 11.5. The maximum absolute atomic E-state index is 6.44. The molecule has 0 spiro atoms. The second-order valence-corrected chi connectivity index (χ2v) is 16.1. The quantitative estimate of drug-likeness (QED) is 0.153. The molecule has 0 fully saturated rings. The summed E-state index contributed by atoms with van der Waals surface area (Å²) < 4.78 is 8.86. The summed E-state index contributed by atoms with van der Waals surface area (Å²) in [6.07, 6.45) is 0. The molecule has 0 N–H and O–H groups in total. The van der Waals surface area contributed by atoms with Crippen LogP contribution in [0, 0.1) is 0 Å². The topological polar surface area (TPSA) is 21.3 Å². The van der Waals surface area contributed by atoms with Gasteiger partial charge in [0.1, 0.15) is 11.2 Å². The zero-order valence-electron chi connectivity index (χ0n) is 34.4. The van der Waals surface area contributed by atoms with Gasteiger partial charge < -0.3 is 13.9 Å². The van der Waals surface area contributed by atoms with E-state index in [1.807, 2.05) is 12.1 Å². The van der Waals surface area contributed by atoms with Gasteiger partial charge in [-0.2, -0.15) is 0 Å². The number of fused-ring (bicyclic) bond motifs is 6. The van der Waals surface area contributed by atoms with E-state index in [1.54, 1.807) is 0 Å². The highest BCUT2D eigenvalue weighted by molar-refractivity contribution is 6.11. The fourth-order valence-corrected chi connectivity index (χ4v) is 9.51. The highest BCUT2D eigenvalue weighted by Crippen LogP contribution is 2.44. The van der Waals surface area contributed by atoms with E-state index in [2.05, 4.69) is 240 Å². The molecule has 12 aromatic rings. The Kier molecular flexibility index (Phi) is 8.83. The molecular weight excluding hydrogens is 765 g/mol. The van der Waals surface area contributed by atoms with Crippen LogP contribution in [0.5, 0.6) is 0 Å². The summed E-state index contributed by atoms with van der Waals surface area (Å²) in [6, 6.07) is 87.1. The van der Waals surface area contributed by atoms with E-state index in [9.17, 15) is 0 Å². The van der Waals surface area contributed by atoms with Crippen LogP contribution < -0.4 is 4.90 Å². The van der Waals surface area contributed by atoms with Crippen molar-refractivity contribution in [3.63, 3.8) is 0 Å². The molecule has 0 aliphatic carbocycles. The standard InChI is InChI=1S/C60H40N2O/c1-2-17-42(18-3-1)48-23-4-9-30-55(48)61(46-37-35-41(36-38-46)43-19-14-20-44(39-43)50-28-16-29-54-53-27-8-13-34-59(53)63-60(50)54)47-22-15-21-45(40-47)49-24-5-10-31-56(49)62-57-32-11-6-25-51(57)52-26-7-12-33-58(52)62/h1-40H. The van der Waals surface area contributed by atoms with Crippen molar-refractivity contribution in [2.45, 2.75) is 0 Å². The van der Waals surface area contributed by atoms with Gasteiger partial charge in [0.15, 0.2) is 0 Å². The Morgan fingerprint density at radius 1 is 0.317 bits per heavy atom. The summed E-state index contributed by atoms with van der Waals surface area (Å²) in [5, 5.41) is 4.77. The van der Waals surface area contributed by atoms with Gasteiger partial charge in [0, 0.05) is 49.6 Å². The molecule has 2 heterocycles. The lowest BCUT2D eigenvalue weighted by Gasteiger charge is -2.28. The van der Waals surface area contributed by atoms with Gasteiger partial charge in [0.2, 0.25) is 0 Å². The Labute approximate surface area is 366 Å². The number of hydrogen-bond donors (Lipinski definition) is 0. The number of anilines is 3. The molecule has 0 radical (unpaired) electrons. The van der Waals surface area contributed by atoms with Gasteiger partial charge in [-0.1, -0.05) is 182 Å². The minimum atomic E-state index is 0.906. The van der Waals surface area contributed by atoms with E-state index < -0.39 is 0 Å². The van der Waals surface area contributed by atoms with Crippen LogP contribution >= 0.6 is 0 Å². The maximum atomic E-state index is 6.44. The molecule has 0 bridgehead atoms. The Hall–Kier alpha value is -8.40. The largest absolute Gasteiger partial charge is 0.455 e. The average Bonchev–Trinajstić information content (AvgIpc) is 3.91. The first-order valence-corrected chi connectivity index (χ1v) is 21.5. The molecule has 0 saturated carbocycles. The van der Waals surface area contributed by atoms with Crippen LogP contribution in [0.4, 0.5) is 17.1 Å². The highest BCUT2D eigenvalue weighted by atomic mass is 16.3. The lowest BCUT2D eigenvalue weighted by atomic mass is 9.97. The van der Waals surface area contributed by atoms with Gasteiger partial charge >= 0.3 is 0 Å². The van der Waals surface area contributed by atoms with E-state index in [0.717, 1.165) is 83.6 Å². The zero-order valence-corrected chi connectivity index (χ0v) is 34.4. The fraction of sp³-hybridized carbons (Fsp3) is 0. The molecule has 63 heavy (non-hydrogen) atoms. The average molecular weight is 805 g/mol. The van der Waals surface area contributed by atoms with Crippen molar-refractivity contribution in [2.75, 3.05) is 4.90 Å². The van der Waals surface area contributed by atoms with E-state index in [0.29, 0.717) is 0 Å². The van der Waals surface area contributed by atoms with Crippen LogP contribution in [-0.4, -0.2) is 4.57 Å². The summed E-state index contributed by atoms with van der Waals surface area (Å²) >= 11 is 0. The van der Waals surface area contributed by atoms with Crippen LogP contribution in [0.15, 0.2) is 247 Å². The second-order valence-electron chi connectivity index (χ2n) is 16.1. The molecule has 0 amide bonds. The molecule has 12 rings (SSSR count). The number of furan rings is 1. The van der Waals surface area contributed by atoms with E-state index in [-0.39, 0.29) is 0 Å². The van der Waals surface area contributed by atoms with Gasteiger partial charge in [0.25, 0.3) is 0 Å². The summed E-state index contributed by atoms with van der Waals surface area (Å²) in [6.45, 7) is 0. The van der Waals surface area contributed by atoms with Crippen molar-refractivity contribution in [2.24, 2.45) is 0 Å². The van der Waals surface area contributed by atoms with Crippen molar-refractivity contribution >= 4 is 60.8 Å². The molecule has 0 atom stereocenters. The molecule has 0 unspecified atom stereocenters. The fourth-order valence-electron chi connectivity index (χ4n) is 9.51. The Bertz CT molecular complexity index is 3580. The van der Waals surface area contributed by atoms with Crippen molar-refractivity contribution in [3.8, 4) is 50.2 Å². The van der Waals surface area contributed by atoms with E-state index in [1.165, 1.54) is 27.4 Å². The minimum Gasteiger partial charge on any atom is -0.455 e. The third-order valence-electron chi connectivity index (χ3n) is 12.4. The molecule has 0 saturated heterocycles. The molecule has 0 aliphatic heterocycles. The van der Waals surface area contributed by atoms with Gasteiger partial charge in [-0.25, -0.2) is 0 Å². The molecule has 2 aromatic heterocycles. The maximum Gasteiger partial charge on any atom is 0.143 e. The Balaban J connectivity index is 0.978. The van der Waals surface area contributed by atoms with E-state index in [4.69, 9.17) is 4.42 Å². The number of hydrogen-bond acceptors (Lipinski definition) is 2. The number of benzene rings is 10. The molecule has 3 nitrogen and oxygen atoms in total. The van der Waals surface area contributed by atoms with E-state index >= 15 is 0 Å². The van der Waals surface area contributed by atoms with Crippen molar-refractivity contribution in [1.82, 2.24) is 4.57 Å². The van der Waals surface area contributed by atoms with Crippen molar-refractivity contribution in [1.29, 1.82) is 0 Å². The second kappa shape index (κ2) is 15.3. The minimum absolute atomic E-state index is 0.906.